The number of hydrogen-bond donors (Lipinski definition) is 3. The molecule has 3 aromatic carbocycles. The van der Waals surface area contributed by atoms with Crippen LogP contribution in [0.2, 0.25) is 0 Å². The Morgan fingerprint density at radius 3 is 2.42 bits per heavy atom. The second-order valence-electron chi connectivity index (χ2n) is 7.83. The van der Waals surface area contributed by atoms with Crippen LogP contribution in [0.4, 0.5) is 10.1 Å². The Hall–Kier alpha value is -4.70. The molecule has 1 unspecified atom stereocenters. The Bertz CT molecular complexity index is 1270. The van der Waals surface area contributed by atoms with E-state index in [4.69, 9.17) is 15.2 Å². The van der Waals surface area contributed by atoms with Gasteiger partial charge < -0.3 is 25.9 Å². The zero-order valence-electron chi connectivity index (χ0n) is 21.3. The molecule has 0 heterocycles. The lowest BCUT2D eigenvalue weighted by molar-refractivity contribution is 0.0976. The molecule has 0 bridgehead atoms. The smallest absolute Gasteiger partial charge is 0.256 e. The van der Waals surface area contributed by atoms with Gasteiger partial charge in [0.25, 0.3) is 5.91 Å². The summed E-state index contributed by atoms with van der Waals surface area (Å²) in [6, 6.07) is 22.6. The van der Waals surface area contributed by atoms with Crippen molar-refractivity contribution >= 4 is 23.3 Å². The number of nitrogens with zero attached hydrogens (tertiary/aromatic N) is 3. The zero-order chi connectivity index (χ0) is 27.3. The van der Waals surface area contributed by atoms with E-state index < -0.39 is 12.1 Å². The second-order valence-corrected chi connectivity index (χ2v) is 7.83. The second kappa shape index (κ2) is 14.1. The minimum Gasteiger partial charge on any atom is -0.496 e. The van der Waals surface area contributed by atoms with Crippen LogP contribution in [0.3, 0.4) is 0 Å². The number of nitrogens with two attached hydrogens (primary N) is 1. The molecule has 1 amide bonds. The zero-order valence-corrected chi connectivity index (χ0v) is 21.3. The van der Waals surface area contributed by atoms with Crippen molar-refractivity contribution in [2.24, 2.45) is 15.9 Å². The SMILES string of the molecule is C=CN(/N=C(\CN)NC(=O)c1ccc(C(F)/C(=N/NC)OCc2ccccc2OC)cc1)c1ccccc1. The molecule has 0 aliphatic carbocycles. The molecule has 38 heavy (non-hydrogen) atoms. The lowest BCUT2D eigenvalue weighted by Crippen LogP contribution is -2.37. The van der Waals surface area contributed by atoms with Crippen molar-refractivity contribution in [1.82, 2.24) is 10.7 Å². The summed E-state index contributed by atoms with van der Waals surface area (Å²) < 4.78 is 26.3. The first-order valence-electron chi connectivity index (χ1n) is 11.8. The number of nitrogens with one attached hydrogen (secondary N) is 2. The molecule has 0 aromatic heterocycles. The molecule has 1 atom stereocenters. The van der Waals surface area contributed by atoms with E-state index in [0.29, 0.717) is 11.3 Å². The predicted molar refractivity (Wildman–Crippen MR) is 148 cm³/mol. The van der Waals surface area contributed by atoms with Gasteiger partial charge in [0.15, 0.2) is 0 Å². The number of hydrazone groups is 2. The molecule has 4 N–H and O–H groups in total. The third kappa shape index (κ3) is 7.40. The molecule has 198 valence electrons. The maximum Gasteiger partial charge on any atom is 0.256 e. The first-order chi connectivity index (χ1) is 18.5. The first kappa shape index (κ1) is 27.9. The van der Waals surface area contributed by atoms with Gasteiger partial charge in [-0.1, -0.05) is 55.1 Å². The molecule has 10 heteroatoms. The van der Waals surface area contributed by atoms with E-state index in [-0.39, 0.29) is 30.4 Å². The molecule has 0 saturated heterocycles. The van der Waals surface area contributed by atoms with Crippen LogP contribution in [-0.4, -0.2) is 38.3 Å². The van der Waals surface area contributed by atoms with Gasteiger partial charge in [-0.2, -0.15) is 5.10 Å². The average molecular weight is 519 g/mol. The summed E-state index contributed by atoms with van der Waals surface area (Å²) in [5.41, 5.74) is 10.4. The van der Waals surface area contributed by atoms with Gasteiger partial charge in [0, 0.05) is 24.4 Å². The summed E-state index contributed by atoms with van der Waals surface area (Å²) in [7, 11) is 3.10. The van der Waals surface area contributed by atoms with Crippen LogP contribution in [0.1, 0.15) is 27.7 Å². The molecule has 0 radical (unpaired) electrons. The lowest BCUT2D eigenvalue weighted by Gasteiger charge is -2.17. The number of methoxy groups -OCH3 is 1. The monoisotopic (exact) mass is 518 g/mol. The molecular formula is C28H31FN6O3. The number of carbonyl (C=O) groups is 1. The largest absolute Gasteiger partial charge is 0.496 e. The van der Waals surface area contributed by atoms with E-state index in [1.54, 1.807) is 20.2 Å². The van der Waals surface area contributed by atoms with Crippen LogP contribution in [0.15, 0.2) is 102 Å². The van der Waals surface area contributed by atoms with Crippen LogP contribution in [-0.2, 0) is 11.3 Å². The summed E-state index contributed by atoms with van der Waals surface area (Å²) in [6.07, 6.45) is -0.157. The molecule has 0 aliphatic rings. The van der Waals surface area contributed by atoms with Crippen molar-refractivity contribution in [1.29, 1.82) is 0 Å². The maximum absolute atomic E-state index is 15.3. The van der Waals surface area contributed by atoms with Crippen LogP contribution < -0.4 is 26.2 Å². The summed E-state index contributed by atoms with van der Waals surface area (Å²) in [6.45, 7) is 3.81. The number of amidine groups is 1. The highest BCUT2D eigenvalue weighted by Crippen LogP contribution is 2.24. The van der Waals surface area contributed by atoms with E-state index in [1.807, 2.05) is 48.5 Å². The number of benzene rings is 3. The Kier molecular flexibility index (Phi) is 10.4. The highest BCUT2D eigenvalue weighted by Gasteiger charge is 2.21. The quantitative estimate of drug-likeness (QED) is 0.200. The molecule has 3 rings (SSSR count). The van der Waals surface area contributed by atoms with E-state index in [1.165, 1.54) is 35.5 Å². The Morgan fingerprint density at radius 2 is 1.79 bits per heavy atom. The lowest BCUT2D eigenvalue weighted by atomic mass is 10.1. The molecule has 3 aromatic rings. The van der Waals surface area contributed by atoms with Crippen molar-refractivity contribution in [3.8, 4) is 5.75 Å². The van der Waals surface area contributed by atoms with Crippen molar-refractivity contribution in [2.75, 3.05) is 25.7 Å². The van der Waals surface area contributed by atoms with E-state index in [9.17, 15) is 4.79 Å². The third-order valence-electron chi connectivity index (χ3n) is 5.35. The van der Waals surface area contributed by atoms with Gasteiger partial charge in [-0.05, 0) is 35.9 Å². The molecule has 0 spiro atoms. The number of anilines is 1. The molecular weight excluding hydrogens is 487 g/mol. The number of rotatable bonds is 11. The van der Waals surface area contributed by atoms with Gasteiger partial charge in [-0.25, -0.2) is 9.40 Å². The highest BCUT2D eigenvalue weighted by molar-refractivity contribution is 6.07. The topological polar surface area (TPSA) is 114 Å². The normalized spacial score (nSPS) is 12.3. The fourth-order valence-electron chi connectivity index (χ4n) is 3.43. The first-order valence-corrected chi connectivity index (χ1v) is 11.8. The minimum absolute atomic E-state index is 0.0130. The van der Waals surface area contributed by atoms with Gasteiger partial charge in [0.1, 0.15) is 18.2 Å². The summed E-state index contributed by atoms with van der Waals surface area (Å²) >= 11 is 0. The number of ether oxygens (including phenoxy) is 2. The van der Waals surface area contributed by atoms with Crippen molar-refractivity contribution in [2.45, 2.75) is 12.8 Å². The van der Waals surface area contributed by atoms with Crippen LogP contribution in [0, 0.1) is 0 Å². The van der Waals surface area contributed by atoms with Crippen molar-refractivity contribution < 1.29 is 18.7 Å². The van der Waals surface area contributed by atoms with Gasteiger partial charge in [0.2, 0.25) is 12.1 Å². The van der Waals surface area contributed by atoms with E-state index in [2.05, 4.69) is 27.5 Å². The van der Waals surface area contributed by atoms with Gasteiger partial charge in [-0.3, -0.25) is 4.79 Å². The van der Waals surface area contributed by atoms with Gasteiger partial charge in [-0.15, -0.1) is 5.10 Å². The highest BCUT2D eigenvalue weighted by atomic mass is 19.1. The Morgan fingerprint density at radius 1 is 1.11 bits per heavy atom. The van der Waals surface area contributed by atoms with Gasteiger partial charge >= 0.3 is 0 Å². The molecule has 9 nitrogen and oxygen atoms in total. The van der Waals surface area contributed by atoms with Crippen LogP contribution in [0.25, 0.3) is 0 Å². The van der Waals surface area contributed by atoms with E-state index >= 15 is 4.39 Å². The molecule has 0 saturated carbocycles. The number of amides is 1. The predicted octanol–water partition coefficient (Wildman–Crippen LogP) is 4.11. The number of alkyl halides is 1. The number of hydrogen-bond acceptors (Lipinski definition) is 8. The fourth-order valence-corrected chi connectivity index (χ4v) is 3.43. The Balaban J connectivity index is 1.69. The fraction of sp³-hybridized carbons (Fsp3) is 0.179. The number of carbonyl (C=O) groups excluding carboxylic acids is 1. The van der Waals surface area contributed by atoms with E-state index in [0.717, 1.165) is 11.3 Å². The third-order valence-corrected chi connectivity index (χ3v) is 5.35. The Labute approximate surface area is 221 Å². The minimum atomic E-state index is -1.66. The van der Waals surface area contributed by atoms with Crippen LogP contribution >= 0.6 is 0 Å². The van der Waals surface area contributed by atoms with Crippen LogP contribution in [0.5, 0.6) is 5.75 Å². The number of halogens is 1. The van der Waals surface area contributed by atoms with Gasteiger partial charge in [0.05, 0.1) is 19.3 Å². The van der Waals surface area contributed by atoms with Crippen molar-refractivity contribution in [3.05, 3.63) is 108 Å². The summed E-state index contributed by atoms with van der Waals surface area (Å²) in [5.74, 6) is 0.269. The number of para-hydroxylation sites is 2. The standard InChI is InChI=1S/C28H31FN6O3/c1-4-35(23-11-6-5-7-12-23)34-25(18-30)32-27(36)21-16-14-20(15-17-21)26(29)28(33-31-2)38-19-22-10-8-9-13-24(22)37-3/h4-17,26,31H,1,18-19,30H2,2-3H3,(H,32,34,36)/b33-28-. The average Bonchev–Trinajstić information content (AvgIpc) is 2.97. The summed E-state index contributed by atoms with van der Waals surface area (Å²) in [5, 5.41) is 12.5. The molecule has 0 aliphatic heterocycles. The van der Waals surface area contributed by atoms with Crippen molar-refractivity contribution in [3.63, 3.8) is 0 Å². The molecule has 0 fully saturated rings. The summed E-state index contributed by atoms with van der Waals surface area (Å²) in [4.78, 5) is 12.8. The maximum atomic E-state index is 15.3.